The number of nitrogens with one attached hydrogen (secondary N) is 2. The molecule has 23 heavy (non-hydrogen) atoms. The summed E-state index contributed by atoms with van der Waals surface area (Å²) in [6.07, 6.45) is 1.44. The summed E-state index contributed by atoms with van der Waals surface area (Å²) in [5.74, 6) is -0.769. The Kier molecular flexibility index (Phi) is 4.20. The molecule has 2 N–H and O–H groups in total. The Morgan fingerprint density at radius 1 is 0.739 bits per heavy atom. The number of hydrogen-bond acceptors (Lipinski definition) is 3. The number of hydrazine groups is 1. The highest BCUT2D eigenvalue weighted by Gasteiger charge is 2.17. The average Bonchev–Trinajstić information content (AvgIpc) is 3.11. The monoisotopic (exact) mass is 306 g/mol. The lowest BCUT2D eigenvalue weighted by Crippen LogP contribution is -2.41. The lowest BCUT2D eigenvalue weighted by atomic mass is 10.1. The van der Waals surface area contributed by atoms with Crippen LogP contribution in [0.5, 0.6) is 0 Å². The second-order valence-electron chi connectivity index (χ2n) is 4.80. The van der Waals surface area contributed by atoms with Gasteiger partial charge in [0.1, 0.15) is 0 Å². The molecule has 0 saturated carbocycles. The maximum Gasteiger partial charge on any atom is 0.306 e. The van der Waals surface area contributed by atoms with Crippen molar-refractivity contribution in [1.29, 1.82) is 0 Å². The third kappa shape index (κ3) is 3.29. The van der Waals surface area contributed by atoms with Crippen molar-refractivity contribution >= 4 is 11.8 Å². The molecule has 0 aliphatic heterocycles. The molecule has 0 radical (unpaired) electrons. The number of carbonyl (C=O) groups excluding carboxylic acids is 2. The lowest BCUT2D eigenvalue weighted by Gasteiger charge is -2.07. The molecule has 2 aromatic carbocycles. The fourth-order valence-corrected chi connectivity index (χ4v) is 2.16. The first kappa shape index (κ1) is 14.6. The highest BCUT2D eigenvalue weighted by atomic mass is 16.3. The minimum Gasteiger partial charge on any atom is -0.458 e. The van der Waals surface area contributed by atoms with Crippen molar-refractivity contribution in [3.8, 4) is 11.1 Å². The third-order valence-corrected chi connectivity index (χ3v) is 3.28. The number of hydrogen-bond donors (Lipinski definition) is 2. The molecule has 0 spiro atoms. The Bertz CT molecular complexity index is 811. The van der Waals surface area contributed by atoms with E-state index in [1.165, 1.54) is 6.26 Å². The third-order valence-electron chi connectivity index (χ3n) is 3.28. The van der Waals surface area contributed by atoms with Gasteiger partial charge in [-0.25, -0.2) is 0 Å². The van der Waals surface area contributed by atoms with E-state index < -0.39 is 11.8 Å². The Balaban J connectivity index is 1.70. The van der Waals surface area contributed by atoms with Crippen LogP contribution < -0.4 is 10.9 Å². The average molecular weight is 306 g/mol. The zero-order valence-electron chi connectivity index (χ0n) is 12.2. The van der Waals surface area contributed by atoms with Crippen molar-refractivity contribution in [2.75, 3.05) is 0 Å². The van der Waals surface area contributed by atoms with Gasteiger partial charge in [0.25, 0.3) is 5.91 Å². The zero-order valence-corrected chi connectivity index (χ0v) is 12.2. The summed E-state index contributed by atoms with van der Waals surface area (Å²) in [7, 11) is 0. The molecule has 0 aliphatic carbocycles. The van der Waals surface area contributed by atoms with Crippen LogP contribution in [-0.2, 0) is 0 Å². The molecule has 5 heteroatoms. The highest BCUT2D eigenvalue weighted by molar-refractivity contribution is 6.01. The van der Waals surface area contributed by atoms with Gasteiger partial charge in [-0.05, 0) is 23.8 Å². The van der Waals surface area contributed by atoms with Gasteiger partial charge in [0.15, 0.2) is 0 Å². The SMILES string of the molecule is O=C(NNC(=O)c1occc1-c1ccccc1)c1ccccc1. The smallest absolute Gasteiger partial charge is 0.306 e. The number of furan rings is 1. The molecule has 0 unspecified atom stereocenters. The van der Waals surface area contributed by atoms with E-state index in [9.17, 15) is 9.59 Å². The van der Waals surface area contributed by atoms with E-state index in [1.807, 2.05) is 36.4 Å². The van der Waals surface area contributed by atoms with Crippen molar-refractivity contribution in [2.24, 2.45) is 0 Å². The lowest BCUT2D eigenvalue weighted by molar-refractivity contribution is 0.0831. The first-order valence-corrected chi connectivity index (χ1v) is 7.04. The fourth-order valence-electron chi connectivity index (χ4n) is 2.16. The van der Waals surface area contributed by atoms with Crippen LogP contribution in [0.4, 0.5) is 0 Å². The number of carbonyl (C=O) groups is 2. The first-order valence-electron chi connectivity index (χ1n) is 7.04. The molecule has 114 valence electrons. The highest BCUT2D eigenvalue weighted by Crippen LogP contribution is 2.24. The Morgan fingerprint density at radius 3 is 2.04 bits per heavy atom. The van der Waals surface area contributed by atoms with Crippen LogP contribution >= 0.6 is 0 Å². The normalized spacial score (nSPS) is 10.1. The number of benzene rings is 2. The van der Waals surface area contributed by atoms with Crippen LogP contribution in [0.15, 0.2) is 77.4 Å². The maximum absolute atomic E-state index is 12.2. The summed E-state index contributed by atoms with van der Waals surface area (Å²) in [6.45, 7) is 0. The second-order valence-corrected chi connectivity index (χ2v) is 4.80. The molecular weight excluding hydrogens is 292 g/mol. The van der Waals surface area contributed by atoms with E-state index >= 15 is 0 Å². The van der Waals surface area contributed by atoms with Gasteiger partial charge in [-0.1, -0.05) is 48.5 Å². The van der Waals surface area contributed by atoms with E-state index in [-0.39, 0.29) is 5.76 Å². The van der Waals surface area contributed by atoms with Gasteiger partial charge >= 0.3 is 5.91 Å². The standard InChI is InChI=1S/C18H14N2O3/c21-17(14-9-5-2-6-10-14)19-20-18(22)16-15(11-12-23-16)13-7-3-1-4-8-13/h1-12H,(H,19,21)(H,20,22). The summed E-state index contributed by atoms with van der Waals surface area (Å²) in [5.41, 5.74) is 6.71. The molecule has 1 heterocycles. The predicted molar refractivity (Wildman–Crippen MR) is 85.5 cm³/mol. The van der Waals surface area contributed by atoms with Gasteiger partial charge in [0, 0.05) is 11.1 Å². The van der Waals surface area contributed by atoms with Crippen LogP contribution in [-0.4, -0.2) is 11.8 Å². The summed E-state index contributed by atoms with van der Waals surface area (Å²) in [4.78, 5) is 24.1. The maximum atomic E-state index is 12.2. The Labute approximate surface area is 132 Å². The van der Waals surface area contributed by atoms with Crippen LogP contribution in [0.3, 0.4) is 0 Å². The van der Waals surface area contributed by atoms with Crippen molar-refractivity contribution in [1.82, 2.24) is 10.9 Å². The van der Waals surface area contributed by atoms with Gasteiger partial charge in [0.05, 0.1) is 6.26 Å². The first-order chi connectivity index (χ1) is 11.3. The van der Waals surface area contributed by atoms with Crippen LogP contribution in [0.25, 0.3) is 11.1 Å². The molecular formula is C18H14N2O3. The second kappa shape index (κ2) is 6.62. The van der Waals surface area contributed by atoms with Crippen molar-refractivity contribution < 1.29 is 14.0 Å². The van der Waals surface area contributed by atoms with Crippen molar-refractivity contribution in [3.63, 3.8) is 0 Å². The molecule has 1 aromatic heterocycles. The quantitative estimate of drug-likeness (QED) is 0.731. The van der Waals surface area contributed by atoms with E-state index in [0.29, 0.717) is 11.1 Å². The Hall–Kier alpha value is -3.34. The molecule has 0 aliphatic rings. The van der Waals surface area contributed by atoms with Crippen molar-refractivity contribution in [3.05, 3.63) is 84.3 Å². The topological polar surface area (TPSA) is 71.3 Å². The largest absolute Gasteiger partial charge is 0.458 e. The molecule has 0 saturated heterocycles. The molecule has 5 nitrogen and oxygen atoms in total. The van der Waals surface area contributed by atoms with Gasteiger partial charge in [0.2, 0.25) is 5.76 Å². The summed E-state index contributed by atoms with van der Waals surface area (Å²) in [6, 6.07) is 19.7. The molecule has 0 atom stereocenters. The van der Waals surface area contributed by atoms with E-state index in [1.54, 1.807) is 30.3 Å². The summed E-state index contributed by atoms with van der Waals surface area (Å²) >= 11 is 0. The Morgan fingerprint density at radius 2 is 1.35 bits per heavy atom. The fraction of sp³-hybridized carbons (Fsp3) is 0. The van der Waals surface area contributed by atoms with E-state index in [0.717, 1.165) is 5.56 Å². The van der Waals surface area contributed by atoms with Crippen LogP contribution in [0.1, 0.15) is 20.9 Å². The minimum absolute atomic E-state index is 0.143. The van der Waals surface area contributed by atoms with Crippen LogP contribution in [0, 0.1) is 0 Å². The molecule has 2 amide bonds. The van der Waals surface area contributed by atoms with Crippen LogP contribution in [0.2, 0.25) is 0 Å². The molecule has 0 fully saturated rings. The zero-order chi connectivity index (χ0) is 16.1. The number of rotatable bonds is 3. The van der Waals surface area contributed by atoms with Gasteiger partial charge < -0.3 is 4.42 Å². The van der Waals surface area contributed by atoms with Gasteiger partial charge in [-0.3, -0.25) is 20.4 Å². The van der Waals surface area contributed by atoms with E-state index in [4.69, 9.17) is 4.42 Å². The molecule has 3 rings (SSSR count). The number of amides is 2. The predicted octanol–water partition coefficient (Wildman–Crippen LogP) is 3.02. The summed E-state index contributed by atoms with van der Waals surface area (Å²) < 4.78 is 5.26. The van der Waals surface area contributed by atoms with Crippen molar-refractivity contribution in [2.45, 2.75) is 0 Å². The molecule has 3 aromatic rings. The summed E-state index contributed by atoms with van der Waals surface area (Å²) in [5, 5.41) is 0. The van der Waals surface area contributed by atoms with Gasteiger partial charge in [-0.2, -0.15) is 0 Å². The van der Waals surface area contributed by atoms with E-state index in [2.05, 4.69) is 10.9 Å². The van der Waals surface area contributed by atoms with Gasteiger partial charge in [-0.15, -0.1) is 0 Å². The minimum atomic E-state index is -0.516. The molecule has 0 bridgehead atoms.